The fraction of sp³-hybridized carbons (Fsp3) is 0.571. The van der Waals surface area contributed by atoms with Crippen molar-refractivity contribution in [3.63, 3.8) is 0 Å². The van der Waals surface area contributed by atoms with Gasteiger partial charge < -0.3 is 10.1 Å². The molecule has 94 valence electrons. The average molecular weight is 254 g/mol. The van der Waals surface area contributed by atoms with Gasteiger partial charge in [0.15, 0.2) is 0 Å². The number of halogens is 1. The third-order valence-electron chi connectivity index (χ3n) is 3.33. The summed E-state index contributed by atoms with van der Waals surface area (Å²) in [4.78, 5) is 0. The van der Waals surface area contributed by atoms with Crippen LogP contribution in [0.5, 0.6) is 0 Å². The van der Waals surface area contributed by atoms with Gasteiger partial charge in [0.2, 0.25) is 0 Å². The highest BCUT2D eigenvalue weighted by Crippen LogP contribution is 2.33. The molecule has 0 amide bonds. The fourth-order valence-corrected chi connectivity index (χ4v) is 2.58. The minimum absolute atomic E-state index is 0.126. The number of hydrogen-bond acceptors (Lipinski definition) is 2. The maximum Gasteiger partial charge on any atom is 0.0626 e. The lowest BCUT2D eigenvalue weighted by Gasteiger charge is -2.30. The second-order valence-corrected chi connectivity index (χ2v) is 5.26. The van der Waals surface area contributed by atoms with Gasteiger partial charge in [0.05, 0.1) is 12.0 Å². The van der Waals surface area contributed by atoms with Crippen molar-refractivity contribution in [2.75, 3.05) is 26.8 Å². The first-order chi connectivity index (χ1) is 8.31. The number of hydrogen-bond donors (Lipinski definition) is 1. The fourth-order valence-electron chi connectivity index (χ4n) is 2.34. The van der Waals surface area contributed by atoms with Crippen LogP contribution in [0.15, 0.2) is 24.3 Å². The maximum absolute atomic E-state index is 6.06. The number of benzene rings is 1. The number of nitrogens with one attached hydrogen (secondary N) is 1. The zero-order valence-electron chi connectivity index (χ0n) is 10.3. The van der Waals surface area contributed by atoms with Crippen LogP contribution in [-0.4, -0.2) is 32.2 Å². The molecule has 0 aromatic heterocycles. The van der Waals surface area contributed by atoms with Crippen LogP contribution in [0.25, 0.3) is 0 Å². The molecule has 1 aromatic rings. The van der Waals surface area contributed by atoms with E-state index in [0.717, 1.165) is 19.5 Å². The molecule has 1 N–H and O–H groups in total. The normalized spacial score (nSPS) is 19.5. The first-order valence-electron chi connectivity index (χ1n) is 6.22. The lowest BCUT2D eigenvalue weighted by atomic mass is 9.77. The highest BCUT2D eigenvalue weighted by Gasteiger charge is 2.24. The summed E-state index contributed by atoms with van der Waals surface area (Å²) in [6, 6.07) is 8.70. The van der Waals surface area contributed by atoms with Crippen molar-refractivity contribution in [3.05, 3.63) is 35.4 Å². The summed E-state index contributed by atoms with van der Waals surface area (Å²) in [6.45, 7) is 2.67. The predicted octanol–water partition coefficient (Wildman–Crippen LogP) is 2.56. The van der Waals surface area contributed by atoms with E-state index in [0.29, 0.717) is 12.5 Å². The molecule has 3 heteroatoms. The molecule has 0 saturated heterocycles. The number of fused-ring (bicyclic) bond motifs is 1. The van der Waals surface area contributed by atoms with Crippen LogP contribution < -0.4 is 5.32 Å². The Kier molecular flexibility index (Phi) is 4.84. The van der Waals surface area contributed by atoms with Gasteiger partial charge >= 0.3 is 0 Å². The molecular formula is C14H20ClNO. The summed E-state index contributed by atoms with van der Waals surface area (Å²) in [5.74, 6) is 0.697. The summed E-state index contributed by atoms with van der Waals surface area (Å²) in [7, 11) is 1.69. The van der Waals surface area contributed by atoms with Crippen LogP contribution >= 0.6 is 11.6 Å². The van der Waals surface area contributed by atoms with Crippen molar-refractivity contribution in [1.29, 1.82) is 0 Å². The largest absolute Gasteiger partial charge is 0.383 e. The first-order valence-corrected chi connectivity index (χ1v) is 6.66. The lowest BCUT2D eigenvalue weighted by molar-refractivity contribution is 0.195. The van der Waals surface area contributed by atoms with E-state index < -0.39 is 0 Å². The topological polar surface area (TPSA) is 21.3 Å². The Labute approximate surface area is 108 Å². The van der Waals surface area contributed by atoms with Crippen LogP contribution in [0, 0.1) is 0 Å². The van der Waals surface area contributed by atoms with E-state index in [1.54, 1.807) is 7.11 Å². The average Bonchev–Trinajstić information content (AvgIpc) is 2.30. The Hall–Kier alpha value is -0.570. The van der Waals surface area contributed by atoms with Crippen molar-refractivity contribution in [1.82, 2.24) is 5.32 Å². The molecule has 2 rings (SSSR count). The highest BCUT2D eigenvalue weighted by molar-refractivity contribution is 6.20. The zero-order chi connectivity index (χ0) is 12.1. The lowest BCUT2D eigenvalue weighted by Crippen LogP contribution is -2.30. The van der Waals surface area contributed by atoms with Gasteiger partial charge in [-0.2, -0.15) is 0 Å². The molecule has 0 fully saturated rings. The third-order valence-corrected chi connectivity index (χ3v) is 3.68. The van der Waals surface area contributed by atoms with E-state index in [1.807, 2.05) is 0 Å². The maximum atomic E-state index is 6.06. The van der Waals surface area contributed by atoms with Gasteiger partial charge in [-0.05, 0) is 30.5 Å². The van der Waals surface area contributed by atoms with Gasteiger partial charge in [0.25, 0.3) is 0 Å². The number of ether oxygens (including phenoxy) is 1. The molecule has 1 aliphatic rings. The number of methoxy groups -OCH3 is 1. The summed E-state index contributed by atoms with van der Waals surface area (Å²) in [6.07, 6.45) is 2.18. The predicted molar refractivity (Wildman–Crippen MR) is 71.9 cm³/mol. The monoisotopic (exact) mass is 253 g/mol. The van der Waals surface area contributed by atoms with Gasteiger partial charge in [0, 0.05) is 19.6 Å². The standard InChI is InChI=1S/C14H20ClNO/c1-17-10-13(15)6-7-16-9-12-8-11-4-2-3-5-14(11)12/h2-5,12-13,16H,6-10H2,1H3. The van der Waals surface area contributed by atoms with E-state index in [1.165, 1.54) is 17.5 Å². The molecule has 0 heterocycles. The molecule has 0 radical (unpaired) electrons. The minimum Gasteiger partial charge on any atom is -0.383 e. The van der Waals surface area contributed by atoms with E-state index >= 15 is 0 Å². The van der Waals surface area contributed by atoms with Crippen LogP contribution in [-0.2, 0) is 11.2 Å². The van der Waals surface area contributed by atoms with E-state index in [2.05, 4.69) is 29.6 Å². The second-order valence-electron chi connectivity index (χ2n) is 4.65. The van der Waals surface area contributed by atoms with Crippen LogP contribution in [0.1, 0.15) is 23.5 Å². The molecule has 0 aliphatic heterocycles. The Morgan fingerprint density at radius 2 is 2.29 bits per heavy atom. The highest BCUT2D eigenvalue weighted by atomic mass is 35.5. The van der Waals surface area contributed by atoms with Crippen molar-refractivity contribution in [3.8, 4) is 0 Å². The van der Waals surface area contributed by atoms with E-state index in [9.17, 15) is 0 Å². The molecule has 0 saturated carbocycles. The molecule has 2 nitrogen and oxygen atoms in total. The molecular weight excluding hydrogens is 234 g/mol. The van der Waals surface area contributed by atoms with Crippen LogP contribution in [0.4, 0.5) is 0 Å². The SMILES string of the molecule is COCC(Cl)CCNCC1Cc2ccccc21. The van der Waals surface area contributed by atoms with Crippen molar-refractivity contribution >= 4 is 11.6 Å². The van der Waals surface area contributed by atoms with Gasteiger partial charge in [0.1, 0.15) is 0 Å². The number of rotatable bonds is 7. The van der Waals surface area contributed by atoms with Gasteiger partial charge in [-0.1, -0.05) is 24.3 Å². The molecule has 0 bridgehead atoms. The minimum atomic E-state index is 0.126. The van der Waals surface area contributed by atoms with Crippen LogP contribution in [0.3, 0.4) is 0 Å². The van der Waals surface area contributed by atoms with E-state index in [-0.39, 0.29) is 5.38 Å². The first kappa shape index (κ1) is 12.9. The Balaban J connectivity index is 1.62. The molecule has 2 unspecified atom stereocenters. The second kappa shape index (κ2) is 6.39. The van der Waals surface area contributed by atoms with Crippen molar-refractivity contribution < 1.29 is 4.74 Å². The summed E-state index contributed by atoms with van der Waals surface area (Å²) < 4.78 is 5.00. The van der Waals surface area contributed by atoms with E-state index in [4.69, 9.17) is 16.3 Å². The van der Waals surface area contributed by atoms with Crippen molar-refractivity contribution in [2.24, 2.45) is 0 Å². The van der Waals surface area contributed by atoms with Crippen molar-refractivity contribution in [2.45, 2.75) is 24.1 Å². The summed E-state index contributed by atoms with van der Waals surface area (Å²) >= 11 is 6.06. The summed E-state index contributed by atoms with van der Waals surface area (Å²) in [5.41, 5.74) is 3.02. The smallest absolute Gasteiger partial charge is 0.0626 e. The van der Waals surface area contributed by atoms with Gasteiger partial charge in [-0.3, -0.25) is 0 Å². The molecule has 0 spiro atoms. The molecule has 1 aromatic carbocycles. The molecule has 1 aliphatic carbocycles. The third kappa shape index (κ3) is 3.44. The van der Waals surface area contributed by atoms with Gasteiger partial charge in [-0.15, -0.1) is 11.6 Å². The Morgan fingerprint density at radius 1 is 1.47 bits per heavy atom. The Bertz CT molecular complexity index is 356. The number of alkyl halides is 1. The van der Waals surface area contributed by atoms with Crippen LogP contribution in [0.2, 0.25) is 0 Å². The summed E-state index contributed by atoms with van der Waals surface area (Å²) in [5, 5.41) is 3.60. The Morgan fingerprint density at radius 3 is 3.06 bits per heavy atom. The molecule has 17 heavy (non-hydrogen) atoms. The zero-order valence-corrected chi connectivity index (χ0v) is 11.0. The molecule has 2 atom stereocenters. The van der Waals surface area contributed by atoms with Gasteiger partial charge in [-0.25, -0.2) is 0 Å². The quantitative estimate of drug-likeness (QED) is 0.596.